The zero-order valence-electron chi connectivity index (χ0n) is 6.01. The molecule has 0 N–H and O–H groups in total. The molecule has 0 atom stereocenters. The van der Waals surface area contributed by atoms with Gasteiger partial charge in [-0.25, -0.2) is 12.8 Å². The third-order valence-corrected chi connectivity index (χ3v) is 4.15. The molecule has 0 aliphatic heterocycles. The third-order valence-electron chi connectivity index (χ3n) is 1.22. The van der Waals surface area contributed by atoms with Gasteiger partial charge in [-0.2, -0.15) is 0 Å². The first-order valence-electron chi connectivity index (χ1n) is 3.11. The molecule has 0 saturated carbocycles. The zero-order chi connectivity index (χ0) is 9.03. The summed E-state index contributed by atoms with van der Waals surface area (Å²) in [5.74, 6) is 0. The van der Waals surface area contributed by atoms with Crippen LogP contribution in [0.25, 0.3) is 0 Å². The molecule has 1 rings (SSSR count). The van der Waals surface area contributed by atoms with Gasteiger partial charge in [-0.15, -0.1) is 0 Å². The van der Waals surface area contributed by atoms with Crippen LogP contribution in [0.4, 0.5) is 4.39 Å². The van der Waals surface area contributed by atoms with Crippen LogP contribution in [0.2, 0.25) is 0 Å². The second kappa shape index (κ2) is 3.78. The fraction of sp³-hybridized carbons (Fsp3) is 0. The van der Waals surface area contributed by atoms with Crippen LogP contribution in [0.3, 0.4) is 0 Å². The molecular formula is C7H6FO2PS. The van der Waals surface area contributed by atoms with Crippen molar-refractivity contribution in [3.63, 3.8) is 0 Å². The topological polar surface area (TPSA) is 34.1 Å². The minimum atomic E-state index is -3.47. The van der Waals surface area contributed by atoms with Crippen molar-refractivity contribution in [1.29, 1.82) is 0 Å². The molecule has 0 amide bonds. The quantitative estimate of drug-likeness (QED) is 0.691. The first kappa shape index (κ1) is 9.36. The number of rotatable bonds is 2. The minimum absolute atomic E-state index is 0.113. The summed E-state index contributed by atoms with van der Waals surface area (Å²) in [5, 5.41) is 0. The molecule has 0 bridgehead atoms. The maximum Gasteiger partial charge on any atom is 0.223 e. The van der Waals surface area contributed by atoms with Crippen molar-refractivity contribution >= 4 is 22.9 Å². The van der Waals surface area contributed by atoms with E-state index in [4.69, 9.17) is 0 Å². The van der Waals surface area contributed by atoms with E-state index in [0.29, 0.717) is 0 Å². The molecular weight excluding hydrogens is 198 g/mol. The Morgan fingerprint density at radius 1 is 1.25 bits per heavy atom. The Bertz CT molecular complexity index is 372. The second-order valence-corrected chi connectivity index (χ2v) is 5.89. The van der Waals surface area contributed by atoms with Crippen LogP contribution >= 0.6 is 7.41 Å². The van der Waals surface area contributed by atoms with E-state index in [1.54, 1.807) is 18.2 Å². The van der Waals surface area contributed by atoms with Gasteiger partial charge >= 0.3 is 0 Å². The van der Waals surface area contributed by atoms with Gasteiger partial charge in [0.1, 0.15) is 6.05 Å². The Hall–Kier alpha value is -0.730. The van der Waals surface area contributed by atoms with Gasteiger partial charge in [0.2, 0.25) is 9.46 Å². The molecule has 0 spiro atoms. The Kier molecular flexibility index (Phi) is 2.95. The summed E-state index contributed by atoms with van der Waals surface area (Å²) in [5.41, 5.74) is 0. The van der Waals surface area contributed by atoms with Crippen molar-refractivity contribution in [2.45, 2.75) is 4.90 Å². The minimum Gasteiger partial charge on any atom is -0.215 e. The van der Waals surface area contributed by atoms with Gasteiger partial charge in [0.25, 0.3) is 0 Å². The summed E-state index contributed by atoms with van der Waals surface area (Å²) in [6, 6.07) is 7.89. The number of halogens is 1. The van der Waals surface area contributed by atoms with Crippen LogP contribution in [0.1, 0.15) is 0 Å². The van der Waals surface area contributed by atoms with Crippen molar-refractivity contribution in [3.8, 4) is 0 Å². The number of hydrogen-bond acceptors (Lipinski definition) is 2. The largest absolute Gasteiger partial charge is 0.223 e. The molecule has 64 valence electrons. The van der Waals surface area contributed by atoms with Gasteiger partial charge in [0.05, 0.1) is 12.3 Å². The van der Waals surface area contributed by atoms with E-state index in [1.807, 2.05) is 0 Å². The molecule has 0 aliphatic carbocycles. The van der Waals surface area contributed by atoms with E-state index in [-0.39, 0.29) is 18.4 Å². The molecule has 2 nitrogen and oxygen atoms in total. The Labute approximate surface area is 71.5 Å². The lowest BCUT2D eigenvalue weighted by molar-refractivity contribution is 0.610. The molecule has 0 fully saturated rings. The van der Waals surface area contributed by atoms with Crippen molar-refractivity contribution in [1.82, 2.24) is 0 Å². The monoisotopic (exact) mass is 204 g/mol. The highest BCUT2D eigenvalue weighted by Gasteiger charge is 2.08. The Balaban J connectivity index is 3.16. The van der Waals surface area contributed by atoms with Crippen LogP contribution in [0.15, 0.2) is 35.2 Å². The predicted octanol–water partition coefficient (Wildman–Crippen LogP) is 2.05. The second-order valence-electron chi connectivity index (χ2n) is 1.99. The molecule has 0 heterocycles. The van der Waals surface area contributed by atoms with E-state index < -0.39 is 9.46 Å². The Morgan fingerprint density at radius 3 is 2.33 bits per heavy atom. The molecule has 12 heavy (non-hydrogen) atoms. The lowest BCUT2D eigenvalue weighted by atomic mass is 10.4. The van der Waals surface area contributed by atoms with Gasteiger partial charge in [-0.1, -0.05) is 18.2 Å². The number of hydrogen-bond donors (Lipinski definition) is 0. The van der Waals surface area contributed by atoms with Gasteiger partial charge in [-0.05, 0) is 12.1 Å². The van der Waals surface area contributed by atoms with E-state index in [0.717, 1.165) is 0 Å². The fourth-order valence-electron chi connectivity index (χ4n) is 0.706. The lowest BCUT2D eigenvalue weighted by Gasteiger charge is -1.94. The van der Waals surface area contributed by atoms with Gasteiger partial charge < -0.3 is 0 Å². The van der Waals surface area contributed by atoms with E-state index in [9.17, 15) is 12.8 Å². The summed E-state index contributed by atoms with van der Waals surface area (Å²) in [6.45, 7) is 0. The van der Waals surface area contributed by atoms with Crippen molar-refractivity contribution in [2.75, 3.05) is 0 Å². The molecule has 1 aromatic rings. The molecule has 1 aromatic carbocycles. The van der Waals surface area contributed by atoms with Gasteiger partial charge in [0, 0.05) is 0 Å². The SMILES string of the molecule is O=S(=O)(P=CF)c1ccccc1. The van der Waals surface area contributed by atoms with Crippen LogP contribution in [-0.4, -0.2) is 14.5 Å². The number of benzene rings is 1. The normalized spacial score (nSPS) is 12.1. The van der Waals surface area contributed by atoms with Gasteiger partial charge in [0.15, 0.2) is 0 Å². The van der Waals surface area contributed by atoms with Crippen molar-refractivity contribution in [2.24, 2.45) is 0 Å². The molecule has 0 aromatic heterocycles. The maximum atomic E-state index is 11.7. The highest BCUT2D eigenvalue weighted by Crippen LogP contribution is 2.20. The van der Waals surface area contributed by atoms with Crippen LogP contribution in [-0.2, 0) is 9.46 Å². The summed E-state index contributed by atoms with van der Waals surface area (Å²) in [4.78, 5) is 0.139. The molecule has 0 saturated heterocycles. The highest BCUT2D eigenvalue weighted by molar-refractivity contribution is 8.42. The van der Waals surface area contributed by atoms with E-state index in [1.165, 1.54) is 12.1 Å². The van der Waals surface area contributed by atoms with Crippen LogP contribution in [0.5, 0.6) is 0 Å². The molecule has 0 aliphatic rings. The zero-order valence-corrected chi connectivity index (χ0v) is 7.72. The molecule has 0 radical (unpaired) electrons. The van der Waals surface area contributed by atoms with E-state index >= 15 is 0 Å². The average Bonchev–Trinajstić information content (AvgIpc) is 2.06. The lowest BCUT2D eigenvalue weighted by Crippen LogP contribution is -1.89. The van der Waals surface area contributed by atoms with Crippen LogP contribution in [0, 0.1) is 0 Å². The maximum absolute atomic E-state index is 11.7. The first-order chi connectivity index (χ1) is 5.67. The Morgan fingerprint density at radius 2 is 1.83 bits per heavy atom. The average molecular weight is 204 g/mol. The fourth-order valence-corrected chi connectivity index (χ4v) is 2.48. The van der Waals surface area contributed by atoms with Crippen molar-refractivity contribution in [3.05, 3.63) is 30.3 Å². The smallest absolute Gasteiger partial charge is 0.215 e. The summed E-state index contributed by atoms with van der Waals surface area (Å²) in [7, 11) is -3.79. The van der Waals surface area contributed by atoms with Crippen LogP contribution < -0.4 is 0 Å². The highest BCUT2D eigenvalue weighted by atomic mass is 32.7. The molecule has 0 unspecified atom stereocenters. The predicted molar refractivity (Wildman–Crippen MR) is 47.7 cm³/mol. The summed E-state index contributed by atoms with van der Waals surface area (Å²) < 4.78 is 34.0. The summed E-state index contributed by atoms with van der Waals surface area (Å²) in [6.07, 6.45) is 0. The van der Waals surface area contributed by atoms with Gasteiger partial charge in [-0.3, -0.25) is 0 Å². The third kappa shape index (κ3) is 2.13. The standard InChI is InChI=1S/C7H6FO2PS/c8-6-11-12(9,10)7-4-2-1-3-5-7/h1-6H. The summed E-state index contributed by atoms with van der Waals surface area (Å²) >= 11 is 0. The van der Waals surface area contributed by atoms with E-state index in [2.05, 4.69) is 0 Å². The van der Waals surface area contributed by atoms with Crippen molar-refractivity contribution < 1.29 is 12.8 Å². The first-order valence-corrected chi connectivity index (χ1v) is 6.16. The molecule has 5 heteroatoms.